The first-order valence-corrected chi connectivity index (χ1v) is 6.39. The minimum absolute atomic E-state index is 0.646. The van der Waals surface area contributed by atoms with Gasteiger partial charge in [-0.15, -0.1) is 0 Å². The molecule has 0 saturated carbocycles. The minimum atomic E-state index is 0.646. The van der Waals surface area contributed by atoms with Gasteiger partial charge < -0.3 is 15.4 Å². The zero-order valence-corrected chi connectivity index (χ0v) is 10.7. The molecule has 1 saturated heterocycles. The molecule has 17 heavy (non-hydrogen) atoms. The molecule has 1 aliphatic heterocycles. The maximum atomic E-state index is 5.71. The predicted octanol–water partition coefficient (Wildman–Crippen LogP) is 2.38. The number of nitrogens with zero attached hydrogens (tertiary/aromatic N) is 1. The van der Waals surface area contributed by atoms with Crippen LogP contribution in [0.5, 0.6) is 0 Å². The van der Waals surface area contributed by atoms with E-state index in [4.69, 9.17) is 10.5 Å². The third-order valence-corrected chi connectivity index (χ3v) is 3.56. The van der Waals surface area contributed by atoms with E-state index in [9.17, 15) is 0 Å². The molecule has 0 aromatic heterocycles. The fraction of sp³-hybridized carbons (Fsp3) is 0.571. The highest BCUT2D eigenvalue weighted by Crippen LogP contribution is 2.28. The number of nitrogen functional groups attached to an aromatic ring is 1. The van der Waals surface area contributed by atoms with Gasteiger partial charge in [0.25, 0.3) is 0 Å². The molecule has 0 aliphatic carbocycles. The summed E-state index contributed by atoms with van der Waals surface area (Å²) in [6, 6.07) is 8.14. The molecule has 1 aliphatic rings. The van der Waals surface area contributed by atoms with Crippen molar-refractivity contribution in [1.29, 1.82) is 0 Å². The Kier molecular flexibility index (Phi) is 3.89. The predicted molar refractivity (Wildman–Crippen MR) is 72.2 cm³/mol. The zero-order chi connectivity index (χ0) is 12.3. The largest absolute Gasteiger partial charge is 0.399 e. The molecular formula is C14H22N2O. The number of anilines is 2. The lowest BCUT2D eigenvalue weighted by atomic mass is 9.99. The molecule has 2 N–H and O–H groups in total. The van der Waals surface area contributed by atoms with E-state index in [-0.39, 0.29) is 0 Å². The van der Waals surface area contributed by atoms with Crippen molar-refractivity contribution in [3.63, 3.8) is 0 Å². The van der Waals surface area contributed by atoms with E-state index in [0.29, 0.717) is 11.8 Å². The van der Waals surface area contributed by atoms with E-state index < -0.39 is 0 Å². The van der Waals surface area contributed by atoms with Gasteiger partial charge in [0.15, 0.2) is 0 Å². The average Bonchev–Trinajstić information content (AvgIpc) is 2.69. The van der Waals surface area contributed by atoms with Gasteiger partial charge in [0, 0.05) is 37.0 Å². The van der Waals surface area contributed by atoms with Crippen molar-refractivity contribution in [2.45, 2.75) is 13.8 Å². The Balaban J connectivity index is 1.98. The number of benzene rings is 1. The van der Waals surface area contributed by atoms with Crippen molar-refractivity contribution in [3.8, 4) is 0 Å². The molecular weight excluding hydrogens is 212 g/mol. The van der Waals surface area contributed by atoms with Crippen LogP contribution in [0.4, 0.5) is 11.4 Å². The molecule has 1 heterocycles. The van der Waals surface area contributed by atoms with Crippen molar-refractivity contribution >= 4 is 11.4 Å². The van der Waals surface area contributed by atoms with E-state index in [0.717, 1.165) is 32.0 Å². The Hall–Kier alpha value is -1.22. The Morgan fingerprint density at radius 2 is 2.00 bits per heavy atom. The quantitative estimate of drug-likeness (QED) is 0.813. The smallest absolute Gasteiger partial charge is 0.0514 e. The summed E-state index contributed by atoms with van der Waals surface area (Å²) in [7, 11) is 0. The second-order valence-electron chi connectivity index (χ2n) is 4.89. The van der Waals surface area contributed by atoms with Gasteiger partial charge >= 0.3 is 0 Å². The number of ether oxygens (including phenoxy) is 1. The third-order valence-electron chi connectivity index (χ3n) is 3.56. The molecule has 0 amide bonds. The highest BCUT2D eigenvalue weighted by Gasteiger charge is 2.29. The molecule has 1 fully saturated rings. The first kappa shape index (κ1) is 12.2. The van der Waals surface area contributed by atoms with Crippen LogP contribution in [0, 0.1) is 11.8 Å². The third kappa shape index (κ3) is 2.91. The molecule has 2 rings (SSSR count). The molecule has 0 radical (unpaired) electrons. The second-order valence-corrected chi connectivity index (χ2v) is 4.89. The van der Waals surface area contributed by atoms with E-state index in [1.165, 1.54) is 5.69 Å². The summed E-state index contributed by atoms with van der Waals surface area (Å²) in [4.78, 5) is 2.42. The Labute approximate surface area is 104 Å². The lowest BCUT2D eigenvalue weighted by Gasteiger charge is -2.18. The van der Waals surface area contributed by atoms with Crippen molar-refractivity contribution in [3.05, 3.63) is 24.3 Å². The van der Waals surface area contributed by atoms with Gasteiger partial charge in [-0.25, -0.2) is 0 Å². The Morgan fingerprint density at radius 3 is 2.65 bits per heavy atom. The summed E-state index contributed by atoms with van der Waals surface area (Å²) in [5.41, 5.74) is 7.80. The summed E-state index contributed by atoms with van der Waals surface area (Å²) in [6.07, 6.45) is 0. The summed E-state index contributed by atoms with van der Waals surface area (Å²) in [5, 5.41) is 0. The van der Waals surface area contributed by atoms with Crippen LogP contribution in [-0.2, 0) is 4.74 Å². The van der Waals surface area contributed by atoms with Gasteiger partial charge in [-0.05, 0) is 37.1 Å². The van der Waals surface area contributed by atoms with Gasteiger partial charge in [-0.3, -0.25) is 0 Å². The maximum Gasteiger partial charge on any atom is 0.0514 e. The van der Waals surface area contributed by atoms with Gasteiger partial charge in [0.05, 0.1) is 6.61 Å². The second kappa shape index (κ2) is 5.41. The van der Waals surface area contributed by atoms with Gasteiger partial charge in [-0.1, -0.05) is 6.92 Å². The van der Waals surface area contributed by atoms with Crippen molar-refractivity contribution in [2.24, 2.45) is 11.8 Å². The Morgan fingerprint density at radius 1 is 1.29 bits per heavy atom. The molecule has 0 bridgehead atoms. The van der Waals surface area contributed by atoms with Crippen LogP contribution in [0.25, 0.3) is 0 Å². The van der Waals surface area contributed by atoms with Crippen molar-refractivity contribution in [2.75, 3.05) is 36.9 Å². The average molecular weight is 234 g/mol. The SMILES string of the molecule is CCOC[C@H]1CN(c2ccc(N)cc2)C[C@H]1C. The van der Waals surface area contributed by atoms with Crippen LogP contribution in [0.15, 0.2) is 24.3 Å². The monoisotopic (exact) mass is 234 g/mol. The molecule has 3 nitrogen and oxygen atoms in total. The van der Waals surface area contributed by atoms with Crippen molar-refractivity contribution in [1.82, 2.24) is 0 Å². The molecule has 2 atom stereocenters. The molecule has 0 spiro atoms. The lowest BCUT2D eigenvalue weighted by molar-refractivity contribution is 0.104. The normalized spacial score (nSPS) is 24.2. The first-order valence-electron chi connectivity index (χ1n) is 6.39. The lowest BCUT2D eigenvalue weighted by Crippen LogP contribution is -2.21. The highest BCUT2D eigenvalue weighted by molar-refractivity contribution is 5.53. The number of rotatable bonds is 4. The maximum absolute atomic E-state index is 5.71. The molecule has 94 valence electrons. The highest BCUT2D eigenvalue weighted by atomic mass is 16.5. The molecule has 1 aromatic rings. The zero-order valence-electron chi connectivity index (χ0n) is 10.7. The molecule has 3 heteroatoms. The summed E-state index contributed by atoms with van der Waals surface area (Å²) in [6.45, 7) is 8.25. The van der Waals surface area contributed by atoms with E-state index in [1.807, 2.05) is 12.1 Å². The van der Waals surface area contributed by atoms with E-state index in [2.05, 4.69) is 30.9 Å². The van der Waals surface area contributed by atoms with Crippen LogP contribution in [0.2, 0.25) is 0 Å². The number of nitrogens with two attached hydrogens (primary N) is 1. The van der Waals surface area contributed by atoms with Crippen LogP contribution >= 0.6 is 0 Å². The van der Waals surface area contributed by atoms with Gasteiger partial charge in [-0.2, -0.15) is 0 Å². The van der Waals surface area contributed by atoms with Crippen LogP contribution in [0.3, 0.4) is 0 Å². The van der Waals surface area contributed by atoms with Crippen LogP contribution in [0.1, 0.15) is 13.8 Å². The number of hydrogen-bond donors (Lipinski definition) is 1. The molecule has 0 unspecified atom stereocenters. The molecule has 1 aromatic carbocycles. The Bertz CT molecular complexity index is 350. The number of hydrogen-bond acceptors (Lipinski definition) is 3. The van der Waals surface area contributed by atoms with Crippen molar-refractivity contribution < 1.29 is 4.74 Å². The van der Waals surface area contributed by atoms with Crippen LogP contribution in [-0.4, -0.2) is 26.3 Å². The summed E-state index contributed by atoms with van der Waals surface area (Å²) in [5.74, 6) is 1.34. The topological polar surface area (TPSA) is 38.5 Å². The summed E-state index contributed by atoms with van der Waals surface area (Å²) < 4.78 is 5.54. The van der Waals surface area contributed by atoms with Crippen LogP contribution < -0.4 is 10.6 Å². The van der Waals surface area contributed by atoms with E-state index in [1.54, 1.807) is 0 Å². The fourth-order valence-corrected chi connectivity index (χ4v) is 2.42. The minimum Gasteiger partial charge on any atom is -0.399 e. The summed E-state index contributed by atoms with van der Waals surface area (Å²) >= 11 is 0. The van der Waals surface area contributed by atoms with Gasteiger partial charge in [0.2, 0.25) is 0 Å². The van der Waals surface area contributed by atoms with E-state index >= 15 is 0 Å². The fourth-order valence-electron chi connectivity index (χ4n) is 2.42. The standard InChI is InChI=1S/C14H22N2O/c1-3-17-10-12-9-16(8-11(12)2)14-6-4-13(15)5-7-14/h4-7,11-12H,3,8-10,15H2,1-2H3/t11-,12-/m1/s1. The first-order chi connectivity index (χ1) is 8.20. The van der Waals surface area contributed by atoms with Gasteiger partial charge in [0.1, 0.15) is 0 Å².